The van der Waals surface area contributed by atoms with Crippen LogP contribution in [0, 0.1) is 11.8 Å². The molecule has 7 rings (SSSR count). The van der Waals surface area contributed by atoms with Crippen LogP contribution in [0.15, 0.2) is 21.7 Å². The number of carboxylic acids is 1. The van der Waals surface area contributed by atoms with Gasteiger partial charge in [-0.25, -0.2) is 4.79 Å². The smallest absolute Gasteiger partial charge is 0.328 e. The second-order valence-electron chi connectivity index (χ2n) is 20.8. The van der Waals surface area contributed by atoms with E-state index in [-0.39, 0.29) is 28.2 Å². The van der Waals surface area contributed by atoms with E-state index in [4.69, 9.17) is 0 Å². The van der Waals surface area contributed by atoms with Crippen LogP contribution in [-0.4, -0.2) is 92.0 Å². The van der Waals surface area contributed by atoms with Gasteiger partial charge in [-0.05, 0) is 147 Å². The van der Waals surface area contributed by atoms with Crippen molar-refractivity contribution in [2.45, 2.75) is 193 Å². The Morgan fingerprint density at radius 1 is 0.562 bits per heavy atom. The summed E-state index contributed by atoms with van der Waals surface area (Å²) in [6.45, 7) is 10.7. The topological polar surface area (TPSA) is 163 Å². The number of nitrogens with zero attached hydrogens (tertiary/aromatic N) is 4. The number of aromatic nitrogens is 2. The Balaban J connectivity index is 0.000000216. The molecule has 0 bridgehead atoms. The van der Waals surface area contributed by atoms with Crippen molar-refractivity contribution in [2.24, 2.45) is 11.8 Å². The zero-order chi connectivity index (χ0) is 46.0. The SMILES string of the molecule is CC(C)(NC(=O)c1cc2c(n(CC3CCCCC3)c1=O)CCCCCC2)C(=O)O.CN1CCN(C(=O)C(C)(C)NC(=O)c2cc3c(n(CC4CCCCC4)c2=O)CCCCCC3)CC1. The molecule has 1 saturated heterocycles. The molecule has 0 aromatic carbocycles. The summed E-state index contributed by atoms with van der Waals surface area (Å²) < 4.78 is 3.81. The van der Waals surface area contributed by atoms with Crippen molar-refractivity contribution in [2.75, 3.05) is 33.2 Å². The van der Waals surface area contributed by atoms with Gasteiger partial charge in [0, 0.05) is 50.7 Å². The molecule has 0 radical (unpaired) electrons. The van der Waals surface area contributed by atoms with Crippen LogP contribution in [0.5, 0.6) is 0 Å². The third-order valence-corrected chi connectivity index (χ3v) is 14.7. The Hall–Kier alpha value is -4.26. The summed E-state index contributed by atoms with van der Waals surface area (Å²) >= 11 is 0. The third kappa shape index (κ3) is 12.5. The number of amides is 3. The summed E-state index contributed by atoms with van der Waals surface area (Å²) in [5.41, 5.74) is 1.78. The van der Waals surface area contributed by atoms with Gasteiger partial charge in [-0.2, -0.15) is 0 Å². The number of aliphatic carboxylic acids is 1. The number of carbonyl (C=O) groups excluding carboxylic acids is 3. The van der Waals surface area contributed by atoms with E-state index >= 15 is 0 Å². The highest BCUT2D eigenvalue weighted by Gasteiger charge is 2.36. The molecule has 13 nitrogen and oxygen atoms in total. The highest BCUT2D eigenvalue weighted by molar-refractivity contribution is 5.99. The zero-order valence-electron chi connectivity index (χ0n) is 39.8. The minimum atomic E-state index is -1.43. The molecule has 3 heterocycles. The Morgan fingerprint density at radius 3 is 1.34 bits per heavy atom. The van der Waals surface area contributed by atoms with Gasteiger partial charge in [-0.3, -0.25) is 24.0 Å². The summed E-state index contributed by atoms with van der Waals surface area (Å²) in [7, 11) is 2.05. The van der Waals surface area contributed by atoms with Crippen LogP contribution in [0.1, 0.15) is 187 Å². The number of fused-ring (bicyclic) bond motifs is 2. The second-order valence-corrected chi connectivity index (χ2v) is 20.8. The fourth-order valence-corrected chi connectivity index (χ4v) is 10.6. The van der Waals surface area contributed by atoms with Gasteiger partial charge >= 0.3 is 5.97 Å². The van der Waals surface area contributed by atoms with Crippen molar-refractivity contribution in [3.63, 3.8) is 0 Å². The number of likely N-dealkylation sites (N-methyl/N-ethyl adjacent to an activating group) is 1. The number of piperazine rings is 1. The van der Waals surface area contributed by atoms with Crippen LogP contribution in [0.3, 0.4) is 0 Å². The van der Waals surface area contributed by atoms with Gasteiger partial charge in [-0.1, -0.05) is 64.2 Å². The van der Waals surface area contributed by atoms with Crippen molar-refractivity contribution in [3.05, 3.63) is 66.5 Å². The summed E-state index contributed by atoms with van der Waals surface area (Å²) in [5, 5.41) is 14.8. The number of hydrogen-bond donors (Lipinski definition) is 3. The molecule has 2 saturated carbocycles. The largest absolute Gasteiger partial charge is 0.480 e. The van der Waals surface area contributed by atoms with Crippen molar-refractivity contribution >= 4 is 23.7 Å². The molecule has 2 aromatic rings. The molecular weight excluding hydrogens is 809 g/mol. The molecule has 64 heavy (non-hydrogen) atoms. The number of rotatable bonds is 10. The van der Waals surface area contributed by atoms with Crippen LogP contribution in [-0.2, 0) is 48.4 Å². The Morgan fingerprint density at radius 2 is 0.938 bits per heavy atom. The number of hydrogen-bond acceptors (Lipinski definition) is 7. The maximum absolute atomic E-state index is 13.7. The summed E-state index contributed by atoms with van der Waals surface area (Å²) in [5.74, 6) is -1.25. The van der Waals surface area contributed by atoms with Crippen LogP contribution < -0.4 is 21.8 Å². The number of carboxylic acid groups (broad SMARTS) is 1. The number of pyridine rings is 2. The first-order valence-electron chi connectivity index (χ1n) is 24.9. The summed E-state index contributed by atoms with van der Waals surface area (Å²) in [4.78, 5) is 82.2. The molecular formula is C51H78N6O7. The Labute approximate surface area is 381 Å². The lowest BCUT2D eigenvalue weighted by Gasteiger charge is -2.37. The molecule has 5 aliphatic rings. The van der Waals surface area contributed by atoms with Crippen LogP contribution in [0.2, 0.25) is 0 Å². The molecule has 0 unspecified atom stereocenters. The minimum absolute atomic E-state index is 0.0782. The molecule has 2 aromatic heterocycles. The number of nitrogens with one attached hydrogen (secondary N) is 2. The monoisotopic (exact) mass is 887 g/mol. The van der Waals surface area contributed by atoms with E-state index < -0.39 is 28.9 Å². The number of aryl methyl sites for hydroxylation is 2. The lowest BCUT2D eigenvalue weighted by atomic mass is 9.88. The van der Waals surface area contributed by atoms with Crippen molar-refractivity contribution in [3.8, 4) is 0 Å². The van der Waals surface area contributed by atoms with Crippen molar-refractivity contribution in [1.82, 2.24) is 29.6 Å². The Bertz CT molecular complexity index is 2080. The van der Waals surface area contributed by atoms with Gasteiger partial charge in [0.05, 0.1) is 0 Å². The molecule has 3 N–H and O–H groups in total. The highest BCUT2D eigenvalue weighted by atomic mass is 16.4. The number of carbonyl (C=O) groups is 4. The van der Waals surface area contributed by atoms with E-state index in [1.807, 2.05) is 27.1 Å². The lowest BCUT2D eigenvalue weighted by Crippen LogP contribution is -2.59. The molecule has 3 fully saturated rings. The fourth-order valence-electron chi connectivity index (χ4n) is 10.6. The Kier molecular flexibility index (Phi) is 17.1. The van der Waals surface area contributed by atoms with Crippen molar-refractivity contribution in [1.29, 1.82) is 0 Å². The molecule has 354 valence electrons. The fraction of sp³-hybridized carbons (Fsp3) is 0.725. The average molecular weight is 887 g/mol. The average Bonchev–Trinajstić information content (AvgIpc) is 3.24. The lowest BCUT2D eigenvalue weighted by molar-refractivity contribution is -0.143. The zero-order valence-corrected chi connectivity index (χ0v) is 39.8. The summed E-state index contributed by atoms with van der Waals surface area (Å²) in [6, 6.07) is 3.57. The van der Waals surface area contributed by atoms with Gasteiger partial charge in [0.15, 0.2) is 0 Å². The van der Waals surface area contributed by atoms with E-state index in [1.165, 1.54) is 71.6 Å². The first-order chi connectivity index (χ1) is 30.6. The van der Waals surface area contributed by atoms with E-state index in [9.17, 15) is 33.9 Å². The molecule has 4 aliphatic carbocycles. The van der Waals surface area contributed by atoms with Gasteiger partial charge < -0.3 is 34.7 Å². The normalized spacial score (nSPS) is 19.6. The quantitative estimate of drug-likeness (QED) is 0.229. The first-order valence-corrected chi connectivity index (χ1v) is 24.9. The van der Waals surface area contributed by atoms with Crippen molar-refractivity contribution < 1.29 is 24.3 Å². The van der Waals surface area contributed by atoms with E-state index in [2.05, 4.69) is 15.5 Å². The molecule has 1 aliphatic heterocycles. The third-order valence-electron chi connectivity index (χ3n) is 14.7. The molecule has 0 atom stereocenters. The first kappa shape index (κ1) is 49.2. The minimum Gasteiger partial charge on any atom is -0.480 e. The van der Waals surface area contributed by atoms with Crippen LogP contribution in [0.4, 0.5) is 0 Å². The van der Waals surface area contributed by atoms with Gasteiger partial charge in [0.2, 0.25) is 5.91 Å². The summed E-state index contributed by atoms with van der Waals surface area (Å²) in [6.07, 6.45) is 24.5. The predicted molar refractivity (Wildman–Crippen MR) is 251 cm³/mol. The molecule has 3 amide bonds. The van der Waals surface area contributed by atoms with Gasteiger partial charge in [-0.15, -0.1) is 0 Å². The molecule has 0 spiro atoms. The second kappa shape index (κ2) is 22.3. The maximum Gasteiger partial charge on any atom is 0.328 e. The van der Waals surface area contributed by atoms with E-state index in [0.29, 0.717) is 38.0 Å². The maximum atomic E-state index is 13.7. The standard InChI is InChI=1S/C28H44N4O3.C23H34N2O4/c1-28(2,27(35)31-17-15-30(3)16-18-31)29-25(33)23-19-22-13-9-4-5-10-14-24(22)32(26(23)34)20-21-11-7-6-8-12-21;1-23(2,22(28)29)24-20(26)18-14-17-12-8-3-4-9-13-19(17)25(21(18)27)15-16-10-6-5-7-11-16/h19,21H,4-18,20H2,1-3H3,(H,29,33);14,16H,3-13,15H2,1-2H3,(H,24,26)(H,28,29). The van der Waals surface area contributed by atoms with E-state index in [1.54, 1.807) is 19.9 Å². The van der Waals surface area contributed by atoms with Gasteiger partial charge in [0.1, 0.15) is 22.2 Å². The molecule has 13 heteroatoms. The van der Waals surface area contributed by atoms with Crippen LogP contribution >= 0.6 is 0 Å². The van der Waals surface area contributed by atoms with Gasteiger partial charge in [0.25, 0.3) is 22.9 Å². The van der Waals surface area contributed by atoms with E-state index in [0.717, 1.165) is 119 Å². The van der Waals surface area contributed by atoms with Crippen LogP contribution in [0.25, 0.3) is 0 Å². The highest BCUT2D eigenvalue weighted by Crippen LogP contribution is 2.29. The predicted octanol–water partition coefficient (Wildman–Crippen LogP) is 7.05.